The highest BCUT2D eigenvalue weighted by molar-refractivity contribution is 6.39. The van der Waals surface area contributed by atoms with Gasteiger partial charge in [0.1, 0.15) is 0 Å². The molecule has 1 aromatic carbocycles. The first-order chi connectivity index (χ1) is 10.8. The SMILES string of the molecule is O=C(Nc1ccccc1CC(F)(F)F)C(=O)N1CCC[C@@H]1CO. The van der Waals surface area contributed by atoms with E-state index in [9.17, 15) is 27.9 Å². The molecule has 2 rings (SSSR count). The maximum atomic E-state index is 12.5. The smallest absolute Gasteiger partial charge is 0.393 e. The predicted molar refractivity (Wildman–Crippen MR) is 76.7 cm³/mol. The van der Waals surface area contributed by atoms with Crippen molar-refractivity contribution in [3.63, 3.8) is 0 Å². The summed E-state index contributed by atoms with van der Waals surface area (Å²) in [7, 11) is 0. The second kappa shape index (κ2) is 6.99. The highest BCUT2D eigenvalue weighted by Gasteiger charge is 2.33. The van der Waals surface area contributed by atoms with E-state index in [4.69, 9.17) is 0 Å². The second-order valence-corrected chi connectivity index (χ2v) is 5.38. The van der Waals surface area contributed by atoms with Crippen LogP contribution in [0.25, 0.3) is 0 Å². The van der Waals surface area contributed by atoms with Crippen molar-refractivity contribution in [2.75, 3.05) is 18.5 Å². The van der Waals surface area contributed by atoms with Gasteiger partial charge in [-0.1, -0.05) is 18.2 Å². The minimum atomic E-state index is -4.41. The molecule has 2 N–H and O–H groups in total. The van der Waals surface area contributed by atoms with Crippen LogP contribution >= 0.6 is 0 Å². The molecule has 1 fully saturated rings. The Labute approximate surface area is 131 Å². The molecule has 0 aromatic heterocycles. The first-order valence-corrected chi connectivity index (χ1v) is 7.19. The number of carbonyl (C=O) groups excluding carboxylic acids is 2. The Bertz CT molecular complexity index is 590. The van der Waals surface area contributed by atoms with E-state index in [1.165, 1.54) is 29.2 Å². The topological polar surface area (TPSA) is 69.6 Å². The number of para-hydroxylation sites is 1. The van der Waals surface area contributed by atoms with Crippen LogP contribution in [0.4, 0.5) is 18.9 Å². The van der Waals surface area contributed by atoms with E-state index < -0.39 is 30.5 Å². The average Bonchev–Trinajstić information content (AvgIpc) is 2.95. The third kappa shape index (κ3) is 4.44. The van der Waals surface area contributed by atoms with E-state index in [0.29, 0.717) is 19.4 Å². The van der Waals surface area contributed by atoms with Gasteiger partial charge in [0.15, 0.2) is 0 Å². The number of nitrogens with one attached hydrogen (secondary N) is 1. The summed E-state index contributed by atoms with van der Waals surface area (Å²) in [5.41, 5.74) is -0.149. The third-order valence-corrected chi connectivity index (χ3v) is 3.70. The fourth-order valence-corrected chi connectivity index (χ4v) is 2.61. The molecule has 0 aliphatic carbocycles. The molecule has 0 spiro atoms. The molecule has 23 heavy (non-hydrogen) atoms. The third-order valence-electron chi connectivity index (χ3n) is 3.70. The summed E-state index contributed by atoms with van der Waals surface area (Å²) >= 11 is 0. The molecule has 0 radical (unpaired) electrons. The number of aliphatic hydroxyl groups excluding tert-OH is 1. The summed E-state index contributed by atoms with van der Waals surface area (Å²) in [6, 6.07) is 5.06. The van der Waals surface area contributed by atoms with Gasteiger partial charge in [0, 0.05) is 12.2 Å². The number of hydrogen-bond acceptors (Lipinski definition) is 3. The van der Waals surface area contributed by atoms with Gasteiger partial charge in [0.05, 0.1) is 19.1 Å². The van der Waals surface area contributed by atoms with Gasteiger partial charge in [-0.15, -0.1) is 0 Å². The van der Waals surface area contributed by atoms with Gasteiger partial charge in [-0.25, -0.2) is 0 Å². The maximum Gasteiger partial charge on any atom is 0.393 e. The Morgan fingerprint density at radius 1 is 1.30 bits per heavy atom. The number of carbonyl (C=O) groups is 2. The zero-order chi connectivity index (χ0) is 17.0. The number of alkyl halides is 3. The zero-order valence-electron chi connectivity index (χ0n) is 12.3. The fraction of sp³-hybridized carbons (Fsp3) is 0.467. The average molecular weight is 330 g/mol. The highest BCUT2D eigenvalue weighted by Crippen LogP contribution is 2.26. The Hall–Kier alpha value is -2.09. The highest BCUT2D eigenvalue weighted by atomic mass is 19.4. The molecule has 0 unspecified atom stereocenters. The van der Waals surface area contributed by atoms with E-state index in [1.54, 1.807) is 0 Å². The van der Waals surface area contributed by atoms with Crippen molar-refractivity contribution in [3.8, 4) is 0 Å². The molecule has 0 saturated carbocycles. The molecule has 2 amide bonds. The molecule has 1 aliphatic heterocycles. The van der Waals surface area contributed by atoms with Gasteiger partial charge in [0.25, 0.3) is 0 Å². The lowest BCUT2D eigenvalue weighted by atomic mass is 10.1. The predicted octanol–water partition coefficient (Wildman–Crippen LogP) is 1.71. The standard InChI is InChI=1S/C15H17F3N2O3/c16-15(17,18)8-10-4-1-2-6-12(10)19-13(22)14(23)20-7-3-5-11(20)9-21/h1-2,4,6,11,21H,3,5,7-9H2,(H,19,22)/t11-/m1/s1. The number of nitrogens with zero attached hydrogens (tertiary/aromatic N) is 1. The monoisotopic (exact) mass is 330 g/mol. The number of aliphatic hydroxyl groups is 1. The first kappa shape index (κ1) is 17.3. The van der Waals surface area contributed by atoms with Gasteiger partial charge in [-0.05, 0) is 24.5 Å². The van der Waals surface area contributed by atoms with E-state index >= 15 is 0 Å². The van der Waals surface area contributed by atoms with Crippen LogP contribution in [-0.4, -0.2) is 47.2 Å². The Morgan fingerprint density at radius 3 is 2.65 bits per heavy atom. The minimum absolute atomic E-state index is 0.0390. The number of likely N-dealkylation sites (tertiary alicyclic amines) is 1. The van der Waals surface area contributed by atoms with Gasteiger partial charge < -0.3 is 15.3 Å². The van der Waals surface area contributed by atoms with E-state index in [1.807, 2.05) is 0 Å². The quantitative estimate of drug-likeness (QED) is 0.829. The molecule has 0 bridgehead atoms. The molecule has 5 nitrogen and oxygen atoms in total. The number of amides is 2. The van der Waals surface area contributed by atoms with Crippen molar-refractivity contribution in [2.24, 2.45) is 0 Å². The lowest BCUT2D eigenvalue weighted by molar-refractivity contribution is -0.144. The Morgan fingerprint density at radius 2 is 2.00 bits per heavy atom. The maximum absolute atomic E-state index is 12.5. The molecule has 1 aromatic rings. The van der Waals surface area contributed by atoms with Crippen LogP contribution in [-0.2, 0) is 16.0 Å². The Balaban J connectivity index is 2.10. The normalized spacial score (nSPS) is 18.1. The summed E-state index contributed by atoms with van der Waals surface area (Å²) in [6.45, 7) is 0.103. The molecule has 1 atom stereocenters. The zero-order valence-corrected chi connectivity index (χ0v) is 12.3. The lowest BCUT2D eigenvalue weighted by Crippen LogP contribution is -2.44. The van der Waals surface area contributed by atoms with Crippen LogP contribution < -0.4 is 5.32 Å². The van der Waals surface area contributed by atoms with Crippen LogP contribution in [0.15, 0.2) is 24.3 Å². The number of benzene rings is 1. The van der Waals surface area contributed by atoms with Crippen molar-refractivity contribution < 1.29 is 27.9 Å². The van der Waals surface area contributed by atoms with E-state index in [0.717, 1.165) is 0 Å². The van der Waals surface area contributed by atoms with Crippen molar-refractivity contribution in [2.45, 2.75) is 31.5 Å². The largest absolute Gasteiger partial charge is 0.394 e. The number of hydrogen-bond donors (Lipinski definition) is 2. The molecule has 1 aliphatic rings. The van der Waals surface area contributed by atoms with Crippen LogP contribution in [0.5, 0.6) is 0 Å². The van der Waals surface area contributed by atoms with Crippen molar-refractivity contribution in [3.05, 3.63) is 29.8 Å². The summed E-state index contributed by atoms with van der Waals surface area (Å²) in [6.07, 6.45) is -4.34. The summed E-state index contributed by atoms with van der Waals surface area (Å²) in [5.74, 6) is -1.84. The Kier molecular flexibility index (Phi) is 5.25. The van der Waals surface area contributed by atoms with Gasteiger partial charge in [-0.3, -0.25) is 9.59 Å². The van der Waals surface area contributed by atoms with Crippen molar-refractivity contribution in [1.29, 1.82) is 0 Å². The molecular weight excluding hydrogens is 313 g/mol. The van der Waals surface area contributed by atoms with Crippen molar-refractivity contribution >= 4 is 17.5 Å². The van der Waals surface area contributed by atoms with Gasteiger partial charge >= 0.3 is 18.0 Å². The van der Waals surface area contributed by atoms with E-state index in [2.05, 4.69) is 5.32 Å². The molecule has 8 heteroatoms. The molecule has 126 valence electrons. The number of rotatable bonds is 3. The van der Waals surface area contributed by atoms with Crippen LogP contribution in [0.1, 0.15) is 18.4 Å². The molecule has 1 heterocycles. The van der Waals surface area contributed by atoms with Crippen LogP contribution in [0.3, 0.4) is 0 Å². The van der Waals surface area contributed by atoms with Gasteiger partial charge in [0.2, 0.25) is 0 Å². The number of anilines is 1. The summed E-state index contributed by atoms with van der Waals surface area (Å²) in [5, 5.41) is 11.4. The second-order valence-electron chi connectivity index (χ2n) is 5.38. The van der Waals surface area contributed by atoms with Crippen molar-refractivity contribution in [1.82, 2.24) is 4.90 Å². The van der Waals surface area contributed by atoms with E-state index in [-0.39, 0.29) is 17.9 Å². The minimum Gasteiger partial charge on any atom is -0.394 e. The fourth-order valence-electron chi connectivity index (χ4n) is 2.61. The summed E-state index contributed by atoms with van der Waals surface area (Å²) in [4.78, 5) is 25.4. The number of halogens is 3. The lowest BCUT2D eigenvalue weighted by Gasteiger charge is -2.22. The van der Waals surface area contributed by atoms with Gasteiger partial charge in [-0.2, -0.15) is 13.2 Å². The summed E-state index contributed by atoms with van der Waals surface area (Å²) < 4.78 is 37.6. The molecule has 1 saturated heterocycles. The first-order valence-electron chi connectivity index (χ1n) is 7.19. The van der Waals surface area contributed by atoms with Crippen LogP contribution in [0.2, 0.25) is 0 Å². The van der Waals surface area contributed by atoms with Crippen LogP contribution in [0, 0.1) is 0 Å². The molecular formula is C15H17F3N2O3.